The second kappa shape index (κ2) is 6.58. The molecule has 0 aromatic heterocycles. The van der Waals surface area contributed by atoms with Crippen molar-refractivity contribution >= 4 is 17.9 Å². The summed E-state index contributed by atoms with van der Waals surface area (Å²) in [5.74, 6) is -1.77. The summed E-state index contributed by atoms with van der Waals surface area (Å²) in [5.41, 5.74) is 0. The first kappa shape index (κ1) is 16.3. The van der Waals surface area contributed by atoms with Crippen molar-refractivity contribution in [3.8, 4) is 0 Å². The van der Waals surface area contributed by atoms with Gasteiger partial charge in [-0.15, -0.1) is 0 Å². The van der Waals surface area contributed by atoms with E-state index in [0.717, 1.165) is 0 Å². The minimum atomic E-state index is -0.890. The van der Waals surface area contributed by atoms with E-state index < -0.39 is 24.0 Å². The Balaban J connectivity index is 2.52. The van der Waals surface area contributed by atoms with Gasteiger partial charge in [0.15, 0.2) is 0 Å². The smallest absolute Gasteiger partial charge is 0.318 e. The molecule has 1 aliphatic heterocycles. The van der Waals surface area contributed by atoms with Crippen molar-refractivity contribution in [2.45, 2.75) is 39.8 Å². The number of hydrogen-bond donors (Lipinski definition) is 3. The first-order valence-electron chi connectivity index (χ1n) is 6.81. The van der Waals surface area contributed by atoms with Crippen LogP contribution in [0.5, 0.6) is 0 Å². The lowest BCUT2D eigenvalue weighted by Crippen LogP contribution is -2.50. The number of carbonyl (C=O) groups is 3. The number of hydrogen-bond acceptors (Lipinski definition) is 3. The van der Waals surface area contributed by atoms with Crippen LogP contribution in [-0.2, 0) is 9.59 Å². The standard InChI is InChI=1S/C13H23N3O4/c1-7(2)14-11(17)9(4)15-13(20)16-5-8(3)10(6-16)12(18)19/h7-10H,5-6H2,1-4H3,(H,14,17)(H,15,20)(H,18,19). The first-order valence-corrected chi connectivity index (χ1v) is 6.81. The van der Waals surface area contributed by atoms with Crippen LogP contribution in [0.2, 0.25) is 0 Å². The Morgan fingerprint density at radius 3 is 2.20 bits per heavy atom. The average Bonchev–Trinajstić information content (AvgIpc) is 2.70. The number of carboxylic acid groups (broad SMARTS) is 1. The van der Waals surface area contributed by atoms with Crippen molar-refractivity contribution in [2.75, 3.05) is 13.1 Å². The van der Waals surface area contributed by atoms with Crippen molar-refractivity contribution < 1.29 is 19.5 Å². The average molecular weight is 285 g/mol. The van der Waals surface area contributed by atoms with Crippen LogP contribution in [0.3, 0.4) is 0 Å². The van der Waals surface area contributed by atoms with Crippen LogP contribution in [0, 0.1) is 11.8 Å². The minimum Gasteiger partial charge on any atom is -0.481 e. The van der Waals surface area contributed by atoms with Gasteiger partial charge in [0.05, 0.1) is 5.92 Å². The minimum absolute atomic E-state index is 0.00468. The molecule has 0 aromatic carbocycles. The molecule has 3 atom stereocenters. The molecule has 20 heavy (non-hydrogen) atoms. The molecule has 7 heteroatoms. The van der Waals surface area contributed by atoms with E-state index in [9.17, 15) is 14.4 Å². The summed E-state index contributed by atoms with van der Waals surface area (Å²) in [6.45, 7) is 7.66. The van der Waals surface area contributed by atoms with Gasteiger partial charge >= 0.3 is 12.0 Å². The molecule has 1 heterocycles. The number of carboxylic acids is 1. The SMILES string of the molecule is CC(C)NC(=O)C(C)NC(=O)N1CC(C)C(C(=O)O)C1. The molecule has 3 unspecified atom stereocenters. The van der Waals surface area contributed by atoms with E-state index in [1.165, 1.54) is 4.90 Å². The van der Waals surface area contributed by atoms with E-state index in [-0.39, 0.29) is 24.4 Å². The molecule has 1 rings (SSSR count). The number of urea groups is 1. The van der Waals surface area contributed by atoms with Crippen molar-refractivity contribution in [1.82, 2.24) is 15.5 Å². The summed E-state index contributed by atoms with van der Waals surface area (Å²) in [6.07, 6.45) is 0. The number of rotatable bonds is 4. The molecule has 1 aliphatic rings. The van der Waals surface area contributed by atoms with E-state index in [0.29, 0.717) is 6.54 Å². The molecule has 1 fully saturated rings. The van der Waals surface area contributed by atoms with Gasteiger partial charge in [-0.05, 0) is 26.7 Å². The van der Waals surface area contributed by atoms with Crippen LogP contribution in [0.1, 0.15) is 27.7 Å². The highest BCUT2D eigenvalue weighted by molar-refractivity contribution is 5.87. The monoisotopic (exact) mass is 285 g/mol. The van der Waals surface area contributed by atoms with Crippen LogP contribution >= 0.6 is 0 Å². The zero-order valence-electron chi connectivity index (χ0n) is 12.3. The Morgan fingerprint density at radius 1 is 1.15 bits per heavy atom. The molecule has 3 N–H and O–H groups in total. The molecule has 0 bridgehead atoms. The Labute approximate surface area is 118 Å². The highest BCUT2D eigenvalue weighted by Gasteiger charge is 2.37. The molecular weight excluding hydrogens is 262 g/mol. The summed E-state index contributed by atoms with van der Waals surface area (Å²) in [4.78, 5) is 36.2. The Hall–Kier alpha value is -1.79. The van der Waals surface area contributed by atoms with Gasteiger partial charge in [-0.2, -0.15) is 0 Å². The Kier molecular flexibility index (Phi) is 5.35. The normalized spacial score (nSPS) is 23.6. The first-order chi connectivity index (χ1) is 9.22. The zero-order valence-corrected chi connectivity index (χ0v) is 12.3. The van der Waals surface area contributed by atoms with Crippen molar-refractivity contribution in [3.05, 3.63) is 0 Å². The van der Waals surface area contributed by atoms with Gasteiger partial charge < -0.3 is 20.6 Å². The molecule has 3 amide bonds. The van der Waals surface area contributed by atoms with Gasteiger partial charge in [0.2, 0.25) is 5.91 Å². The summed E-state index contributed by atoms with van der Waals surface area (Å²) in [5, 5.41) is 14.3. The summed E-state index contributed by atoms with van der Waals surface area (Å²) in [6, 6.07) is -1.04. The predicted molar refractivity (Wildman–Crippen MR) is 73.1 cm³/mol. The third kappa shape index (κ3) is 4.11. The van der Waals surface area contributed by atoms with Crippen LogP contribution < -0.4 is 10.6 Å². The van der Waals surface area contributed by atoms with Gasteiger partial charge in [0, 0.05) is 19.1 Å². The third-order valence-electron chi connectivity index (χ3n) is 3.38. The fraction of sp³-hybridized carbons (Fsp3) is 0.769. The Morgan fingerprint density at radius 2 is 1.75 bits per heavy atom. The lowest BCUT2D eigenvalue weighted by molar-refractivity contribution is -0.142. The molecule has 0 aliphatic carbocycles. The number of amides is 3. The molecule has 0 saturated carbocycles. The topological polar surface area (TPSA) is 98.7 Å². The van der Waals surface area contributed by atoms with Gasteiger partial charge in [0.1, 0.15) is 6.04 Å². The van der Waals surface area contributed by atoms with E-state index in [2.05, 4.69) is 10.6 Å². The van der Waals surface area contributed by atoms with Crippen LogP contribution in [0.15, 0.2) is 0 Å². The molecule has 0 spiro atoms. The van der Waals surface area contributed by atoms with E-state index in [1.54, 1.807) is 13.8 Å². The maximum absolute atomic E-state index is 12.0. The predicted octanol–water partition coefficient (Wildman–Crippen LogP) is 0.262. The molecule has 7 nitrogen and oxygen atoms in total. The second-order valence-electron chi connectivity index (χ2n) is 5.66. The number of nitrogens with zero attached hydrogens (tertiary/aromatic N) is 1. The number of nitrogens with one attached hydrogen (secondary N) is 2. The van der Waals surface area contributed by atoms with Crippen molar-refractivity contribution in [2.24, 2.45) is 11.8 Å². The maximum atomic E-state index is 12.0. The van der Waals surface area contributed by atoms with E-state index >= 15 is 0 Å². The molecule has 0 radical (unpaired) electrons. The molecular formula is C13H23N3O4. The maximum Gasteiger partial charge on any atom is 0.318 e. The zero-order chi connectivity index (χ0) is 15.4. The van der Waals surface area contributed by atoms with Gasteiger partial charge in [-0.25, -0.2) is 4.79 Å². The number of likely N-dealkylation sites (tertiary alicyclic amines) is 1. The summed E-state index contributed by atoms with van der Waals surface area (Å²) < 4.78 is 0. The van der Waals surface area contributed by atoms with Crippen LogP contribution in [0.4, 0.5) is 4.79 Å². The van der Waals surface area contributed by atoms with Crippen molar-refractivity contribution in [1.29, 1.82) is 0 Å². The highest BCUT2D eigenvalue weighted by atomic mass is 16.4. The van der Waals surface area contributed by atoms with Gasteiger partial charge in [-0.1, -0.05) is 6.92 Å². The molecule has 1 saturated heterocycles. The lowest BCUT2D eigenvalue weighted by Gasteiger charge is -2.21. The van der Waals surface area contributed by atoms with E-state index in [4.69, 9.17) is 5.11 Å². The summed E-state index contributed by atoms with van der Waals surface area (Å²) in [7, 11) is 0. The Bertz CT molecular complexity index is 397. The molecule has 114 valence electrons. The summed E-state index contributed by atoms with van der Waals surface area (Å²) >= 11 is 0. The largest absolute Gasteiger partial charge is 0.481 e. The fourth-order valence-corrected chi connectivity index (χ4v) is 2.21. The fourth-order valence-electron chi connectivity index (χ4n) is 2.21. The lowest BCUT2D eigenvalue weighted by atomic mass is 9.99. The van der Waals surface area contributed by atoms with Crippen LogP contribution in [-0.4, -0.2) is 53.1 Å². The molecule has 0 aromatic rings. The number of carbonyl (C=O) groups excluding carboxylic acids is 2. The van der Waals surface area contributed by atoms with Crippen LogP contribution in [0.25, 0.3) is 0 Å². The van der Waals surface area contributed by atoms with Crippen molar-refractivity contribution in [3.63, 3.8) is 0 Å². The second-order valence-corrected chi connectivity index (χ2v) is 5.66. The number of aliphatic carboxylic acids is 1. The quantitative estimate of drug-likeness (QED) is 0.690. The third-order valence-corrected chi connectivity index (χ3v) is 3.38. The van der Waals surface area contributed by atoms with Gasteiger partial charge in [0.25, 0.3) is 0 Å². The van der Waals surface area contributed by atoms with E-state index in [1.807, 2.05) is 13.8 Å². The van der Waals surface area contributed by atoms with Gasteiger partial charge in [-0.3, -0.25) is 9.59 Å². The highest BCUT2D eigenvalue weighted by Crippen LogP contribution is 2.23.